The topological polar surface area (TPSA) is 62.2 Å². The average molecular weight is 142 g/mol. The zero-order valence-corrected chi connectivity index (χ0v) is 5.81. The Morgan fingerprint density at radius 2 is 2.60 bits per heavy atom. The molecule has 0 radical (unpaired) electrons. The summed E-state index contributed by atoms with van der Waals surface area (Å²) in [4.78, 5) is 10.8. The van der Waals surface area contributed by atoms with Crippen molar-refractivity contribution in [2.45, 2.75) is 12.5 Å². The van der Waals surface area contributed by atoms with Crippen molar-refractivity contribution >= 4 is 11.7 Å². The molecule has 1 aliphatic rings. The lowest BCUT2D eigenvalue weighted by molar-refractivity contribution is -0.142. The molecule has 0 aromatic rings. The van der Waals surface area contributed by atoms with Gasteiger partial charge in [-0.3, -0.25) is 10.1 Å². The summed E-state index contributed by atoms with van der Waals surface area (Å²) in [7, 11) is 1.35. The molecule has 0 saturated carbocycles. The van der Waals surface area contributed by atoms with E-state index in [2.05, 4.69) is 10.1 Å². The predicted octanol–water partition coefficient (Wildman–Crippen LogP) is -0.459. The minimum Gasteiger partial charge on any atom is -0.468 e. The van der Waals surface area contributed by atoms with Gasteiger partial charge in [-0.2, -0.15) is 0 Å². The van der Waals surface area contributed by atoms with Crippen molar-refractivity contribution in [3.8, 4) is 0 Å². The number of ether oxygens (including phenoxy) is 1. The van der Waals surface area contributed by atoms with E-state index >= 15 is 0 Å². The van der Waals surface area contributed by atoms with Crippen LogP contribution in [0.5, 0.6) is 0 Å². The fourth-order valence-corrected chi connectivity index (χ4v) is 0.946. The van der Waals surface area contributed by atoms with Crippen LogP contribution in [0.15, 0.2) is 0 Å². The lowest BCUT2D eigenvalue weighted by Crippen LogP contribution is -2.31. The molecule has 1 saturated heterocycles. The van der Waals surface area contributed by atoms with Gasteiger partial charge in [-0.25, -0.2) is 0 Å². The van der Waals surface area contributed by atoms with Gasteiger partial charge in [0.15, 0.2) is 0 Å². The van der Waals surface area contributed by atoms with Gasteiger partial charge in [-0.1, -0.05) is 0 Å². The Hall–Kier alpha value is -0.900. The lowest BCUT2D eigenvalue weighted by atomic mass is 10.2. The van der Waals surface area contributed by atoms with Crippen molar-refractivity contribution in [1.29, 1.82) is 5.41 Å². The first kappa shape index (κ1) is 7.21. The third-order valence-corrected chi connectivity index (χ3v) is 1.50. The number of carbonyl (C=O) groups excluding carboxylic acids is 1. The van der Waals surface area contributed by atoms with Gasteiger partial charge in [-0.05, 0) is 0 Å². The van der Waals surface area contributed by atoms with Crippen LogP contribution in [0.2, 0.25) is 0 Å². The molecule has 0 aliphatic carbocycles. The molecule has 2 N–H and O–H groups in total. The molecule has 4 heteroatoms. The van der Waals surface area contributed by atoms with Crippen LogP contribution < -0.4 is 5.32 Å². The van der Waals surface area contributed by atoms with Gasteiger partial charge in [-0.15, -0.1) is 0 Å². The molecule has 56 valence electrons. The molecule has 0 bridgehead atoms. The summed E-state index contributed by atoms with van der Waals surface area (Å²) < 4.78 is 4.48. The molecule has 1 rings (SSSR count). The van der Waals surface area contributed by atoms with Gasteiger partial charge in [0.25, 0.3) is 0 Å². The molecule has 4 nitrogen and oxygen atoms in total. The summed E-state index contributed by atoms with van der Waals surface area (Å²) in [5.41, 5.74) is 0.565. The fraction of sp³-hybridized carbons (Fsp3) is 0.667. The maximum atomic E-state index is 10.8. The second kappa shape index (κ2) is 2.79. The number of nitrogens with one attached hydrogen (secondary N) is 2. The number of methoxy groups -OCH3 is 1. The highest BCUT2D eigenvalue weighted by Crippen LogP contribution is 2.02. The Labute approximate surface area is 59.1 Å². The molecule has 1 atom stereocenters. The Kier molecular flexibility index (Phi) is 2.01. The number of hydrogen-bond acceptors (Lipinski definition) is 4. The molecule has 0 amide bonds. The van der Waals surface area contributed by atoms with E-state index < -0.39 is 0 Å². The van der Waals surface area contributed by atoms with Crippen molar-refractivity contribution in [2.75, 3.05) is 13.7 Å². The average Bonchev–Trinajstić information content (AvgIpc) is 2.34. The van der Waals surface area contributed by atoms with Crippen LogP contribution in [0.4, 0.5) is 0 Å². The van der Waals surface area contributed by atoms with E-state index in [0.29, 0.717) is 18.7 Å². The molecule has 0 spiro atoms. The van der Waals surface area contributed by atoms with E-state index in [1.165, 1.54) is 7.11 Å². The van der Waals surface area contributed by atoms with Crippen molar-refractivity contribution in [1.82, 2.24) is 5.32 Å². The molecule has 0 unspecified atom stereocenters. The molecule has 0 aromatic heterocycles. The zero-order valence-electron chi connectivity index (χ0n) is 5.81. The largest absolute Gasteiger partial charge is 0.468 e. The smallest absolute Gasteiger partial charge is 0.323 e. The standard InChI is InChI=1S/C6H10N2O2/c1-10-6(9)5-2-4(7)3-8-5/h5,7-8H,2-3H2,1H3/t5-/m0/s1. The minimum atomic E-state index is -0.280. The SMILES string of the molecule is COC(=O)[C@@H]1CC(=N)CN1. The van der Waals surface area contributed by atoms with E-state index in [9.17, 15) is 4.79 Å². The van der Waals surface area contributed by atoms with Crippen LogP contribution in [0.25, 0.3) is 0 Å². The van der Waals surface area contributed by atoms with E-state index in [-0.39, 0.29) is 12.0 Å². The van der Waals surface area contributed by atoms with Gasteiger partial charge < -0.3 is 10.1 Å². The number of rotatable bonds is 1. The van der Waals surface area contributed by atoms with Crippen LogP contribution in [0.1, 0.15) is 6.42 Å². The number of esters is 1. The van der Waals surface area contributed by atoms with Crippen LogP contribution in [0, 0.1) is 5.41 Å². The maximum absolute atomic E-state index is 10.8. The molecular weight excluding hydrogens is 132 g/mol. The molecular formula is C6H10N2O2. The van der Waals surface area contributed by atoms with Gasteiger partial charge >= 0.3 is 5.97 Å². The quantitative estimate of drug-likeness (QED) is 0.487. The Morgan fingerprint density at radius 1 is 1.90 bits per heavy atom. The van der Waals surface area contributed by atoms with Crippen molar-refractivity contribution in [3.63, 3.8) is 0 Å². The second-order valence-corrected chi connectivity index (χ2v) is 2.26. The molecule has 10 heavy (non-hydrogen) atoms. The molecule has 0 aromatic carbocycles. The number of carbonyl (C=O) groups is 1. The first-order valence-electron chi connectivity index (χ1n) is 3.11. The van der Waals surface area contributed by atoms with Crippen LogP contribution in [-0.4, -0.2) is 31.4 Å². The van der Waals surface area contributed by atoms with Crippen LogP contribution in [-0.2, 0) is 9.53 Å². The third kappa shape index (κ3) is 1.33. The van der Waals surface area contributed by atoms with Crippen molar-refractivity contribution in [3.05, 3.63) is 0 Å². The molecule has 1 fully saturated rings. The lowest BCUT2D eigenvalue weighted by Gasteiger charge is -2.04. The molecule has 1 aliphatic heterocycles. The normalized spacial score (nSPS) is 24.9. The molecule has 1 heterocycles. The van der Waals surface area contributed by atoms with Gasteiger partial charge in [0.05, 0.1) is 7.11 Å². The van der Waals surface area contributed by atoms with Crippen molar-refractivity contribution < 1.29 is 9.53 Å². The van der Waals surface area contributed by atoms with Crippen LogP contribution in [0.3, 0.4) is 0 Å². The third-order valence-electron chi connectivity index (χ3n) is 1.50. The van der Waals surface area contributed by atoms with E-state index in [1.807, 2.05) is 0 Å². The summed E-state index contributed by atoms with van der Waals surface area (Å²) in [6, 6.07) is -0.280. The maximum Gasteiger partial charge on any atom is 0.323 e. The zero-order chi connectivity index (χ0) is 7.56. The summed E-state index contributed by atoms with van der Waals surface area (Å²) in [6.07, 6.45) is 0.493. The number of hydrogen-bond donors (Lipinski definition) is 2. The highest BCUT2D eigenvalue weighted by atomic mass is 16.5. The van der Waals surface area contributed by atoms with Crippen LogP contribution >= 0.6 is 0 Å². The first-order chi connectivity index (χ1) is 4.74. The second-order valence-electron chi connectivity index (χ2n) is 2.26. The van der Waals surface area contributed by atoms with E-state index in [4.69, 9.17) is 5.41 Å². The summed E-state index contributed by atoms with van der Waals surface area (Å²) in [5, 5.41) is 10.0. The highest BCUT2D eigenvalue weighted by Gasteiger charge is 2.25. The van der Waals surface area contributed by atoms with Crippen molar-refractivity contribution in [2.24, 2.45) is 0 Å². The van der Waals surface area contributed by atoms with E-state index in [0.717, 1.165) is 0 Å². The summed E-state index contributed by atoms with van der Waals surface area (Å²) >= 11 is 0. The van der Waals surface area contributed by atoms with Gasteiger partial charge in [0.1, 0.15) is 6.04 Å². The van der Waals surface area contributed by atoms with E-state index in [1.54, 1.807) is 0 Å². The fourth-order valence-electron chi connectivity index (χ4n) is 0.946. The summed E-state index contributed by atoms with van der Waals surface area (Å²) in [5.74, 6) is -0.276. The predicted molar refractivity (Wildman–Crippen MR) is 36.2 cm³/mol. The first-order valence-corrected chi connectivity index (χ1v) is 3.11. The van der Waals surface area contributed by atoms with Gasteiger partial charge in [0.2, 0.25) is 0 Å². The minimum absolute atomic E-state index is 0.276. The Bertz CT molecular complexity index is 167. The Balaban J connectivity index is 2.44. The highest BCUT2D eigenvalue weighted by molar-refractivity contribution is 5.92. The van der Waals surface area contributed by atoms with Gasteiger partial charge in [0, 0.05) is 18.7 Å². The summed E-state index contributed by atoms with van der Waals surface area (Å²) in [6.45, 7) is 0.514. The Morgan fingerprint density at radius 3 is 3.00 bits per heavy atom. The monoisotopic (exact) mass is 142 g/mol.